The summed E-state index contributed by atoms with van der Waals surface area (Å²) in [4.78, 5) is 7.22. The Morgan fingerprint density at radius 1 is 1.32 bits per heavy atom. The van der Waals surface area contributed by atoms with E-state index in [0.717, 1.165) is 25.0 Å². The number of likely N-dealkylation sites (tertiary alicyclic amines) is 1. The summed E-state index contributed by atoms with van der Waals surface area (Å²) < 4.78 is 0. The van der Waals surface area contributed by atoms with Gasteiger partial charge in [-0.1, -0.05) is 6.92 Å². The molecule has 1 saturated heterocycles. The van der Waals surface area contributed by atoms with Crippen molar-refractivity contribution in [1.29, 1.82) is 0 Å². The lowest BCUT2D eigenvalue weighted by atomic mass is 10.1. The van der Waals surface area contributed by atoms with Crippen LogP contribution in [0.3, 0.4) is 0 Å². The predicted molar refractivity (Wildman–Crippen MR) is 94.5 cm³/mol. The molecule has 0 spiro atoms. The minimum Gasteiger partial charge on any atom is -0.357 e. The number of halogens is 1. The van der Waals surface area contributed by atoms with Gasteiger partial charge >= 0.3 is 0 Å². The standard InChI is InChI=1S/C14H30N4.HI/c1-6-15-13(17-14(3,4)5)16-10-12-8-9-18(7-2)11-12;/h12H,6-11H2,1-5H3,(H2,15,16,17);1H. The molecule has 0 bridgehead atoms. The molecule has 0 aromatic rings. The van der Waals surface area contributed by atoms with Crippen molar-refractivity contribution in [2.45, 2.75) is 46.6 Å². The molecular weight excluding hydrogens is 351 g/mol. The zero-order valence-corrected chi connectivity index (χ0v) is 15.5. The van der Waals surface area contributed by atoms with Crippen LogP contribution in [0.1, 0.15) is 41.0 Å². The highest BCUT2D eigenvalue weighted by atomic mass is 127. The van der Waals surface area contributed by atoms with Gasteiger partial charge in [0, 0.05) is 25.2 Å². The van der Waals surface area contributed by atoms with Crippen LogP contribution in [0.15, 0.2) is 4.99 Å². The predicted octanol–water partition coefficient (Wildman–Crippen LogP) is 2.30. The van der Waals surface area contributed by atoms with Gasteiger partial charge in [0.2, 0.25) is 0 Å². The minimum absolute atomic E-state index is 0. The first kappa shape index (κ1) is 19.0. The first-order valence-electron chi connectivity index (χ1n) is 7.23. The molecule has 1 aliphatic rings. The molecule has 1 fully saturated rings. The molecule has 0 aromatic carbocycles. The topological polar surface area (TPSA) is 39.7 Å². The van der Waals surface area contributed by atoms with Gasteiger partial charge < -0.3 is 15.5 Å². The van der Waals surface area contributed by atoms with Crippen LogP contribution in [0.25, 0.3) is 0 Å². The average molecular weight is 382 g/mol. The highest BCUT2D eigenvalue weighted by molar-refractivity contribution is 14.0. The molecule has 1 heterocycles. The summed E-state index contributed by atoms with van der Waals surface area (Å²) in [6, 6.07) is 0. The number of nitrogens with zero attached hydrogens (tertiary/aromatic N) is 2. The summed E-state index contributed by atoms with van der Waals surface area (Å²) in [7, 11) is 0. The highest BCUT2D eigenvalue weighted by Crippen LogP contribution is 2.15. The maximum absolute atomic E-state index is 4.72. The van der Waals surface area contributed by atoms with Gasteiger partial charge in [0.1, 0.15) is 0 Å². The molecule has 0 aliphatic carbocycles. The number of rotatable bonds is 4. The molecule has 0 amide bonds. The molecule has 1 unspecified atom stereocenters. The van der Waals surface area contributed by atoms with E-state index in [1.54, 1.807) is 0 Å². The molecule has 2 N–H and O–H groups in total. The van der Waals surface area contributed by atoms with Gasteiger partial charge in [-0.05, 0) is 53.1 Å². The average Bonchev–Trinajstić information content (AvgIpc) is 2.72. The van der Waals surface area contributed by atoms with E-state index < -0.39 is 0 Å². The van der Waals surface area contributed by atoms with Crippen LogP contribution < -0.4 is 10.6 Å². The Labute approximate surface area is 135 Å². The fraction of sp³-hybridized carbons (Fsp3) is 0.929. The number of aliphatic imine (C=N–C) groups is 1. The smallest absolute Gasteiger partial charge is 0.191 e. The van der Waals surface area contributed by atoms with Crippen LogP contribution in [-0.2, 0) is 0 Å². The lowest BCUT2D eigenvalue weighted by molar-refractivity contribution is 0.343. The van der Waals surface area contributed by atoms with Gasteiger partial charge in [-0.3, -0.25) is 4.99 Å². The van der Waals surface area contributed by atoms with E-state index in [1.807, 2.05) is 0 Å². The number of nitrogens with one attached hydrogen (secondary N) is 2. The van der Waals surface area contributed by atoms with Crippen LogP contribution in [0.5, 0.6) is 0 Å². The van der Waals surface area contributed by atoms with Crippen molar-refractivity contribution in [3.8, 4) is 0 Å². The van der Waals surface area contributed by atoms with Crippen molar-refractivity contribution < 1.29 is 0 Å². The summed E-state index contributed by atoms with van der Waals surface area (Å²) in [5.41, 5.74) is 0.0616. The van der Waals surface area contributed by atoms with E-state index in [4.69, 9.17) is 4.99 Å². The third-order valence-corrected chi connectivity index (χ3v) is 3.16. The van der Waals surface area contributed by atoms with Crippen molar-refractivity contribution in [2.24, 2.45) is 10.9 Å². The van der Waals surface area contributed by atoms with E-state index in [-0.39, 0.29) is 29.5 Å². The second-order valence-corrected chi connectivity index (χ2v) is 6.14. The van der Waals surface area contributed by atoms with Crippen molar-refractivity contribution >= 4 is 29.9 Å². The number of hydrogen-bond acceptors (Lipinski definition) is 2. The summed E-state index contributed by atoms with van der Waals surface area (Å²) >= 11 is 0. The second kappa shape index (κ2) is 9.00. The van der Waals surface area contributed by atoms with Crippen molar-refractivity contribution in [2.75, 3.05) is 32.7 Å². The maximum atomic E-state index is 4.72. The molecule has 0 radical (unpaired) electrons. The number of hydrogen-bond donors (Lipinski definition) is 2. The maximum Gasteiger partial charge on any atom is 0.191 e. The summed E-state index contributed by atoms with van der Waals surface area (Å²) in [6.07, 6.45) is 1.28. The molecule has 5 heteroatoms. The number of guanidine groups is 1. The monoisotopic (exact) mass is 382 g/mol. The molecule has 0 saturated carbocycles. The summed E-state index contributed by atoms with van der Waals surface area (Å²) in [5, 5.41) is 6.75. The first-order valence-corrected chi connectivity index (χ1v) is 7.23. The van der Waals surface area contributed by atoms with Gasteiger partial charge in [-0.15, -0.1) is 24.0 Å². The Hall–Kier alpha value is -0.0400. The molecule has 114 valence electrons. The zero-order valence-electron chi connectivity index (χ0n) is 13.1. The second-order valence-electron chi connectivity index (χ2n) is 6.14. The van der Waals surface area contributed by atoms with Crippen LogP contribution in [-0.4, -0.2) is 49.1 Å². The first-order chi connectivity index (χ1) is 8.44. The van der Waals surface area contributed by atoms with Crippen molar-refractivity contribution in [1.82, 2.24) is 15.5 Å². The normalized spacial score (nSPS) is 21.1. The van der Waals surface area contributed by atoms with Gasteiger partial charge in [0.15, 0.2) is 5.96 Å². The molecule has 1 atom stereocenters. The third kappa shape index (κ3) is 7.97. The van der Waals surface area contributed by atoms with Gasteiger partial charge in [0.05, 0.1) is 0 Å². The molecule has 4 nitrogen and oxygen atoms in total. The minimum atomic E-state index is 0. The Morgan fingerprint density at radius 2 is 2.00 bits per heavy atom. The largest absolute Gasteiger partial charge is 0.357 e. The van der Waals surface area contributed by atoms with E-state index in [1.165, 1.54) is 26.1 Å². The van der Waals surface area contributed by atoms with Gasteiger partial charge in [0.25, 0.3) is 0 Å². The van der Waals surface area contributed by atoms with Crippen molar-refractivity contribution in [3.63, 3.8) is 0 Å². The van der Waals surface area contributed by atoms with E-state index in [9.17, 15) is 0 Å². The lowest BCUT2D eigenvalue weighted by Gasteiger charge is -2.24. The molecule has 0 aromatic heterocycles. The Morgan fingerprint density at radius 3 is 2.47 bits per heavy atom. The Balaban J connectivity index is 0.00000324. The van der Waals surface area contributed by atoms with Crippen LogP contribution in [0.2, 0.25) is 0 Å². The highest BCUT2D eigenvalue weighted by Gasteiger charge is 2.21. The molecule has 19 heavy (non-hydrogen) atoms. The third-order valence-electron chi connectivity index (χ3n) is 3.16. The van der Waals surface area contributed by atoms with E-state index in [2.05, 4.69) is 50.2 Å². The van der Waals surface area contributed by atoms with Crippen LogP contribution in [0, 0.1) is 5.92 Å². The lowest BCUT2D eigenvalue weighted by Crippen LogP contribution is -2.47. The fourth-order valence-electron chi connectivity index (χ4n) is 2.23. The van der Waals surface area contributed by atoms with Crippen LogP contribution in [0.4, 0.5) is 0 Å². The fourth-order valence-corrected chi connectivity index (χ4v) is 2.23. The Kier molecular flexibility index (Phi) is 8.98. The zero-order chi connectivity index (χ0) is 13.6. The molecule has 1 aliphatic heterocycles. The van der Waals surface area contributed by atoms with Crippen LogP contribution >= 0.6 is 24.0 Å². The summed E-state index contributed by atoms with van der Waals surface area (Å²) in [6.45, 7) is 16.3. The molecular formula is C14H31IN4. The molecule has 1 rings (SSSR count). The quantitative estimate of drug-likeness (QED) is 0.445. The van der Waals surface area contributed by atoms with Crippen molar-refractivity contribution in [3.05, 3.63) is 0 Å². The Bertz CT molecular complexity index is 273. The van der Waals surface area contributed by atoms with E-state index >= 15 is 0 Å². The summed E-state index contributed by atoms with van der Waals surface area (Å²) in [5.74, 6) is 1.67. The van der Waals surface area contributed by atoms with E-state index in [0.29, 0.717) is 0 Å². The van der Waals surface area contributed by atoms with Gasteiger partial charge in [-0.2, -0.15) is 0 Å². The van der Waals surface area contributed by atoms with Gasteiger partial charge in [-0.25, -0.2) is 0 Å². The SMILES string of the molecule is CCNC(=NCC1CCN(CC)C1)NC(C)(C)C.I.